The van der Waals surface area contributed by atoms with E-state index in [9.17, 15) is 14.9 Å². The van der Waals surface area contributed by atoms with E-state index in [1.807, 2.05) is 25.1 Å². The molecular weight excluding hydrogens is 522 g/mol. The summed E-state index contributed by atoms with van der Waals surface area (Å²) in [5.41, 5.74) is 3.72. The Morgan fingerprint density at radius 3 is 2.90 bits per heavy atom. The Hall–Kier alpha value is -4.92. The van der Waals surface area contributed by atoms with Crippen molar-refractivity contribution in [2.45, 2.75) is 32.2 Å². The topological polar surface area (TPSA) is 143 Å². The molecule has 1 atom stereocenters. The minimum absolute atomic E-state index is 0.0109. The van der Waals surface area contributed by atoms with Crippen LogP contribution in [0.4, 0.5) is 11.8 Å². The minimum Gasteiger partial charge on any atom is -0.438 e. The average Bonchev–Trinajstić information content (AvgIpc) is 3.45. The number of aromatic nitrogens is 4. The first kappa shape index (κ1) is 27.6. The van der Waals surface area contributed by atoms with Gasteiger partial charge in [-0.3, -0.25) is 14.7 Å². The molecule has 212 valence electrons. The molecule has 0 spiro atoms. The van der Waals surface area contributed by atoms with Crippen LogP contribution in [0.1, 0.15) is 29.5 Å². The summed E-state index contributed by atoms with van der Waals surface area (Å²) in [5, 5.41) is 20.8. The van der Waals surface area contributed by atoms with Crippen LogP contribution in [0.2, 0.25) is 0 Å². The number of allylic oxidation sites excluding steroid dienone is 1. The third-order valence-electron chi connectivity index (χ3n) is 7.41. The molecule has 2 aliphatic heterocycles. The Morgan fingerprint density at radius 2 is 2.15 bits per heavy atom. The molecule has 12 heteroatoms. The van der Waals surface area contributed by atoms with Gasteiger partial charge >= 0.3 is 0 Å². The quantitative estimate of drug-likeness (QED) is 0.401. The number of hydrogen-bond donors (Lipinski definition) is 2. The molecule has 41 heavy (non-hydrogen) atoms. The van der Waals surface area contributed by atoms with Crippen LogP contribution >= 0.6 is 0 Å². The van der Waals surface area contributed by atoms with Crippen LogP contribution in [0.5, 0.6) is 5.88 Å². The number of aryl methyl sites for hydroxylation is 1. The third-order valence-corrected chi connectivity index (χ3v) is 7.41. The first-order chi connectivity index (χ1) is 19.8. The first-order valence-corrected chi connectivity index (χ1v) is 13.5. The highest BCUT2D eigenvalue weighted by atomic mass is 16.5. The van der Waals surface area contributed by atoms with E-state index in [0.29, 0.717) is 56.0 Å². The van der Waals surface area contributed by atoms with Gasteiger partial charge < -0.3 is 24.8 Å². The van der Waals surface area contributed by atoms with Crippen molar-refractivity contribution < 1.29 is 14.3 Å². The molecule has 1 aromatic carbocycles. The maximum absolute atomic E-state index is 12.5. The van der Waals surface area contributed by atoms with Gasteiger partial charge in [0.15, 0.2) is 0 Å². The highest BCUT2D eigenvalue weighted by molar-refractivity contribution is 5.92. The molecule has 1 saturated heterocycles. The predicted molar refractivity (Wildman–Crippen MR) is 155 cm³/mol. The number of nitrogens with zero attached hydrogens (tertiary/aromatic N) is 7. The van der Waals surface area contributed by atoms with Gasteiger partial charge in [-0.2, -0.15) is 20.3 Å². The van der Waals surface area contributed by atoms with Gasteiger partial charge in [0.2, 0.25) is 23.6 Å². The number of carbonyl (C=O) groups is 2. The van der Waals surface area contributed by atoms with E-state index in [1.54, 1.807) is 30.1 Å². The minimum atomic E-state index is -0.309. The molecular formula is C29H33N9O3. The highest BCUT2D eigenvalue weighted by Gasteiger charge is 2.33. The van der Waals surface area contributed by atoms with Crippen LogP contribution in [0.3, 0.4) is 0 Å². The molecule has 0 unspecified atom stereocenters. The zero-order chi connectivity index (χ0) is 29.1. The van der Waals surface area contributed by atoms with E-state index in [-0.39, 0.29) is 30.7 Å². The van der Waals surface area contributed by atoms with Crippen LogP contribution in [0, 0.1) is 18.3 Å². The maximum atomic E-state index is 12.5. The lowest BCUT2D eigenvalue weighted by Gasteiger charge is -2.41. The summed E-state index contributed by atoms with van der Waals surface area (Å²) in [6, 6.07) is 5.91. The summed E-state index contributed by atoms with van der Waals surface area (Å²) < 4.78 is 6.46. The number of rotatable bonds is 8. The average molecular weight is 556 g/mol. The number of amides is 2. The van der Waals surface area contributed by atoms with Crippen molar-refractivity contribution in [3.05, 3.63) is 53.8 Å². The van der Waals surface area contributed by atoms with Gasteiger partial charge in [-0.15, -0.1) is 0 Å². The predicted octanol–water partition coefficient (Wildman–Crippen LogP) is 2.64. The van der Waals surface area contributed by atoms with Gasteiger partial charge in [-0.1, -0.05) is 12.6 Å². The fraction of sp³-hybridized carbons (Fsp3) is 0.379. The van der Waals surface area contributed by atoms with Crippen LogP contribution in [0.15, 0.2) is 37.1 Å². The Morgan fingerprint density at radius 1 is 1.32 bits per heavy atom. The number of nitrogens with one attached hydrogen (secondary N) is 2. The zero-order valence-electron chi connectivity index (χ0n) is 23.5. The molecule has 2 N–H and O–H groups in total. The second-order valence-electron chi connectivity index (χ2n) is 10.3. The molecule has 12 nitrogen and oxygen atoms in total. The van der Waals surface area contributed by atoms with E-state index in [4.69, 9.17) is 14.7 Å². The first-order valence-electron chi connectivity index (χ1n) is 13.5. The lowest BCUT2D eigenvalue weighted by atomic mass is 9.99. The second kappa shape index (κ2) is 11.7. The molecule has 3 aromatic rings. The normalized spacial score (nSPS) is 16.3. The number of benzene rings is 1. The summed E-state index contributed by atoms with van der Waals surface area (Å²) in [6.07, 6.45) is 6.10. The van der Waals surface area contributed by atoms with E-state index in [2.05, 4.69) is 33.1 Å². The molecule has 0 radical (unpaired) electrons. The zero-order valence-corrected chi connectivity index (χ0v) is 23.5. The lowest BCUT2D eigenvalue weighted by Crippen LogP contribution is -2.55. The van der Waals surface area contributed by atoms with Crippen LogP contribution in [-0.4, -0.2) is 88.1 Å². The molecule has 0 aliphatic carbocycles. The number of anilines is 2. The Labute approximate surface area is 238 Å². The van der Waals surface area contributed by atoms with Gasteiger partial charge in [0.25, 0.3) is 0 Å². The van der Waals surface area contributed by atoms with Gasteiger partial charge in [-0.05, 0) is 30.7 Å². The summed E-state index contributed by atoms with van der Waals surface area (Å²) >= 11 is 0. The largest absolute Gasteiger partial charge is 0.438 e. The fourth-order valence-corrected chi connectivity index (χ4v) is 5.24. The Balaban J connectivity index is 1.49. The van der Waals surface area contributed by atoms with Crippen molar-refractivity contribution in [2.75, 3.05) is 50.5 Å². The number of carbonyl (C=O) groups excluding carboxylic acids is 2. The molecule has 5 rings (SSSR count). The van der Waals surface area contributed by atoms with Crippen molar-refractivity contribution in [3.8, 4) is 11.9 Å². The third kappa shape index (κ3) is 5.56. The van der Waals surface area contributed by atoms with Gasteiger partial charge in [0, 0.05) is 64.1 Å². The van der Waals surface area contributed by atoms with E-state index < -0.39 is 0 Å². The van der Waals surface area contributed by atoms with Gasteiger partial charge in [0.1, 0.15) is 11.6 Å². The number of hydrogen-bond acceptors (Lipinski definition) is 9. The van der Waals surface area contributed by atoms with Crippen molar-refractivity contribution >= 4 is 40.2 Å². The molecule has 4 heterocycles. The van der Waals surface area contributed by atoms with E-state index in [1.165, 1.54) is 6.08 Å². The van der Waals surface area contributed by atoms with Crippen LogP contribution in [0.25, 0.3) is 16.7 Å². The van der Waals surface area contributed by atoms with Crippen LogP contribution in [-0.2, 0) is 16.0 Å². The summed E-state index contributed by atoms with van der Waals surface area (Å²) in [5.74, 6) is 1.93. The van der Waals surface area contributed by atoms with Gasteiger partial charge in [-0.25, -0.2) is 0 Å². The maximum Gasteiger partial charge on any atom is 0.246 e. The standard InChI is InChI=1S/C29H33N9O3/c1-5-24(39)38-15-14-37(17-19(38)10-12-30)27-20-7-9-23(26-18(2)6-8-22-21(26)16-32-35-22)41-28(20)34-29(33-27)31-13-11-25(40)36(3)4/h5-6,8-9,16,19H,1,7,10-11,13-15,17H2,2-4H3,(H,32,35)(H,31,33,34)/t19-/m0/s1. The highest BCUT2D eigenvalue weighted by Crippen LogP contribution is 2.38. The summed E-state index contributed by atoms with van der Waals surface area (Å²) in [6.45, 7) is 7.37. The smallest absolute Gasteiger partial charge is 0.246 e. The van der Waals surface area contributed by atoms with Crippen molar-refractivity contribution in [3.63, 3.8) is 0 Å². The van der Waals surface area contributed by atoms with Crippen LogP contribution < -0.4 is 15.0 Å². The molecule has 2 amide bonds. The second-order valence-corrected chi connectivity index (χ2v) is 10.3. The van der Waals surface area contributed by atoms with Crippen molar-refractivity contribution in [1.82, 2.24) is 30.0 Å². The monoisotopic (exact) mass is 555 g/mol. The fourth-order valence-electron chi connectivity index (χ4n) is 5.24. The molecule has 0 saturated carbocycles. The molecule has 2 aromatic heterocycles. The molecule has 2 aliphatic rings. The van der Waals surface area contributed by atoms with Crippen molar-refractivity contribution in [2.24, 2.45) is 0 Å². The summed E-state index contributed by atoms with van der Waals surface area (Å²) in [7, 11) is 3.43. The van der Waals surface area contributed by atoms with E-state index >= 15 is 0 Å². The van der Waals surface area contributed by atoms with Gasteiger partial charge in [0.05, 0.1) is 35.8 Å². The number of fused-ring (bicyclic) bond motifs is 2. The van der Waals surface area contributed by atoms with Crippen molar-refractivity contribution in [1.29, 1.82) is 5.26 Å². The number of H-pyrrole nitrogens is 1. The summed E-state index contributed by atoms with van der Waals surface area (Å²) in [4.78, 5) is 39.4. The molecule has 1 fully saturated rings. The van der Waals surface area contributed by atoms with E-state index in [0.717, 1.165) is 27.6 Å². The number of aromatic amines is 1. The molecule has 0 bridgehead atoms. The number of piperazine rings is 1. The Kier molecular flexibility index (Phi) is 7.87. The Bertz CT molecular complexity index is 1570. The SMILES string of the molecule is C=CC(=O)N1CCN(c2nc(NCCC(=O)N(C)C)nc3c2CC=C(c2c(C)ccc4[nH]ncc24)O3)C[C@@H]1CC#N. The number of ether oxygens (including phenoxy) is 1. The number of nitriles is 1. The lowest BCUT2D eigenvalue weighted by molar-refractivity contribution is -0.129.